The van der Waals surface area contributed by atoms with Crippen LogP contribution in [0.2, 0.25) is 5.02 Å². The Bertz CT molecular complexity index is 365. The first kappa shape index (κ1) is 12.8. The van der Waals surface area contributed by atoms with E-state index >= 15 is 0 Å². The lowest BCUT2D eigenvalue weighted by Gasteiger charge is -2.09. The predicted molar refractivity (Wildman–Crippen MR) is 63.3 cm³/mol. The molecular weight excluding hydrogens is 228 g/mol. The van der Waals surface area contributed by atoms with E-state index < -0.39 is 5.97 Å². The minimum atomic E-state index is -0.799. The van der Waals surface area contributed by atoms with Crippen molar-refractivity contribution in [3.05, 3.63) is 28.3 Å². The van der Waals surface area contributed by atoms with Crippen LogP contribution in [0.4, 0.5) is 0 Å². The van der Waals surface area contributed by atoms with Gasteiger partial charge >= 0.3 is 5.97 Å². The summed E-state index contributed by atoms with van der Waals surface area (Å²) in [5, 5.41) is 9.21. The first-order valence-corrected chi connectivity index (χ1v) is 5.50. The van der Waals surface area contributed by atoms with Gasteiger partial charge in [0.1, 0.15) is 5.75 Å². The number of rotatable bonds is 5. The maximum Gasteiger partial charge on any atom is 0.303 e. The zero-order valence-corrected chi connectivity index (χ0v) is 10.2. The third kappa shape index (κ3) is 3.74. The Morgan fingerprint density at radius 2 is 1.94 bits per heavy atom. The Kier molecular flexibility index (Phi) is 4.62. The van der Waals surface area contributed by atoms with Crippen LogP contribution in [0.3, 0.4) is 0 Å². The fourth-order valence-electron chi connectivity index (χ4n) is 1.40. The predicted octanol–water partition coefficient (Wildman–Crippen LogP) is 3.20. The highest BCUT2D eigenvalue weighted by Crippen LogP contribution is 2.25. The summed E-state index contributed by atoms with van der Waals surface area (Å²) >= 11 is 6.02. The summed E-state index contributed by atoms with van der Waals surface area (Å²) in [6, 6.07) is 3.71. The van der Waals surface area contributed by atoms with Gasteiger partial charge in [0.05, 0.1) is 6.61 Å². The lowest BCUT2D eigenvalue weighted by Crippen LogP contribution is -2.02. The average Bonchev–Trinajstić information content (AvgIpc) is 2.20. The van der Waals surface area contributed by atoms with Crippen molar-refractivity contribution in [3.63, 3.8) is 0 Å². The molecule has 0 radical (unpaired) electrons. The molecule has 1 aromatic carbocycles. The number of aliphatic carboxylic acids is 1. The molecule has 1 aromatic rings. The number of ether oxygens (including phenoxy) is 1. The summed E-state index contributed by atoms with van der Waals surface area (Å²) in [4.78, 5) is 10.3. The number of aryl methyl sites for hydroxylation is 2. The van der Waals surface area contributed by atoms with Crippen molar-refractivity contribution < 1.29 is 14.6 Å². The van der Waals surface area contributed by atoms with E-state index in [-0.39, 0.29) is 6.42 Å². The van der Waals surface area contributed by atoms with Crippen LogP contribution in [0.25, 0.3) is 0 Å². The molecule has 16 heavy (non-hydrogen) atoms. The van der Waals surface area contributed by atoms with Crippen molar-refractivity contribution in [1.82, 2.24) is 0 Å². The average molecular weight is 243 g/mol. The molecule has 1 N–H and O–H groups in total. The number of halogens is 1. The Balaban J connectivity index is 2.52. The number of carboxylic acids is 1. The Hall–Kier alpha value is -1.22. The molecule has 0 spiro atoms. The molecular formula is C12H15ClO3. The third-order valence-electron chi connectivity index (χ3n) is 2.21. The molecule has 0 saturated heterocycles. The molecule has 0 saturated carbocycles. The standard InChI is InChI=1S/C12H15ClO3/c1-8-6-10(7-9(2)12(8)13)16-5-3-4-11(14)15/h6-7H,3-5H2,1-2H3,(H,14,15). The zero-order chi connectivity index (χ0) is 12.1. The lowest BCUT2D eigenvalue weighted by molar-refractivity contribution is -0.137. The van der Waals surface area contributed by atoms with Crippen LogP contribution in [0.5, 0.6) is 5.75 Å². The van der Waals surface area contributed by atoms with Gasteiger partial charge in [0.15, 0.2) is 0 Å². The molecule has 0 amide bonds. The minimum Gasteiger partial charge on any atom is -0.494 e. The number of benzene rings is 1. The maximum absolute atomic E-state index is 10.3. The van der Waals surface area contributed by atoms with Crippen LogP contribution >= 0.6 is 11.6 Å². The molecule has 0 aliphatic heterocycles. The van der Waals surface area contributed by atoms with Gasteiger partial charge in [-0.3, -0.25) is 4.79 Å². The highest BCUT2D eigenvalue weighted by Gasteiger charge is 2.03. The Morgan fingerprint density at radius 1 is 1.38 bits per heavy atom. The number of carbonyl (C=O) groups is 1. The first-order chi connectivity index (χ1) is 7.50. The minimum absolute atomic E-state index is 0.131. The summed E-state index contributed by atoms with van der Waals surface area (Å²) in [5.74, 6) is -0.0585. The fourth-order valence-corrected chi connectivity index (χ4v) is 1.51. The van der Waals surface area contributed by atoms with Crippen LogP contribution in [0.15, 0.2) is 12.1 Å². The smallest absolute Gasteiger partial charge is 0.303 e. The van der Waals surface area contributed by atoms with E-state index in [4.69, 9.17) is 21.4 Å². The molecule has 0 atom stereocenters. The molecule has 0 aliphatic carbocycles. The van der Waals surface area contributed by atoms with Gasteiger partial charge in [0.2, 0.25) is 0 Å². The molecule has 1 rings (SSSR count). The van der Waals surface area contributed by atoms with Gasteiger partial charge < -0.3 is 9.84 Å². The summed E-state index contributed by atoms with van der Waals surface area (Å²) in [6.45, 7) is 4.24. The third-order valence-corrected chi connectivity index (χ3v) is 2.81. The molecule has 88 valence electrons. The largest absolute Gasteiger partial charge is 0.494 e. The van der Waals surface area contributed by atoms with Crippen molar-refractivity contribution in [3.8, 4) is 5.75 Å². The van der Waals surface area contributed by atoms with Crippen molar-refractivity contribution in [2.24, 2.45) is 0 Å². The molecule has 0 aliphatic rings. The normalized spacial score (nSPS) is 10.2. The molecule has 0 fully saturated rings. The van der Waals surface area contributed by atoms with Crippen LogP contribution in [0.1, 0.15) is 24.0 Å². The van der Waals surface area contributed by atoms with Crippen molar-refractivity contribution >= 4 is 17.6 Å². The molecule has 3 nitrogen and oxygen atoms in total. The Labute approximate surface area is 100.0 Å². The highest BCUT2D eigenvalue weighted by molar-refractivity contribution is 6.32. The molecule has 0 bridgehead atoms. The monoisotopic (exact) mass is 242 g/mol. The van der Waals surface area contributed by atoms with E-state index in [2.05, 4.69) is 0 Å². The summed E-state index contributed by atoms with van der Waals surface area (Å²) in [5.41, 5.74) is 1.94. The second kappa shape index (κ2) is 5.75. The summed E-state index contributed by atoms with van der Waals surface area (Å²) < 4.78 is 5.45. The van der Waals surface area contributed by atoms with E-state index in [0.717, 1.165) is 21.9 Å². The van der Waals surface area contributed by atoms with Gasteiger partial charge in [-0.25, -0.2) is 0 Å². The van der Waals surface area contributed by atoms with E-state index in [1.807, 2.05) is 26.0 Å². The van der Waals surface area contributed by atoms with Gasteiger partial charge in [0.25, 0.3) is 0 Å². The number of hydrogen-bond acceptors (Lipinski definition) is 2. The van der Waals surface area contributed by atoms with Crippen molar-refractivity contribution in [2.75, 3.05) is 6.61 Å². The fraction of sp³-hybridized carbons (Fsp3) is 0.417. The molecule has 0 heterocycles. The van der Waals surface area contributed by atoms with E-state index in [0.29, 0.717) is 13.0 Å². The zero-order valence-electron chi connectivity index (χ0n) is 9.42. The van der Waals surface area contributed by atoms with Crippen molar-refractivity contribution in [1.29, 1.82) is 0 Å². The van der Waals surface area contributed by atoms with Crippen LogP contribution in [-0.2, 0) is 4.79 Å². The number of carboxylic acid groups (broad SMARTS) is 1. The Morgan fingerprint density at radius 3 is 2.44 bits per heavy atom. The van der Waals surface area contributed by atoms with Gasteiger partial charge in [0, 0.05) is 11.4 Å². The molecule has 4 heteroatoms. The topological polar surface area (TPSA) is 46.5 Å². The number of hydrogen-bond donors (Lipinski definition) is 1. The SMILES string of the molecule is Cc1cc(OCCCC(=O)O)cc(C)c1Cl. The molecule has 0 aromatic heterocycles. The van der Waals surface area contributed by atoms with Gasteiger partial charge in [-0.05, 0) is 43.5 Å². The van der Waals surface area contributed by atoms with E-state index in [9.17, 15) is 4.79 Å². The quantitative estimate of drug-likeness (QED) is 0.807. The van der Waals surface area contributed by atoms with Gasteiger partial charge in [-0.2, -0.15) is 0 Å². The van der Waals surface area contributed by atoms with Gasteiger partial charge in [-0.15, -0.1) is 0 Å². The van der Waals surface area contributed by atoms with E-state index in [1.54, 1.807) is 0 Å². The second-order valence-corrected chi connectivity index (χ2v) is 4.09. The summed E-state index contributed by atoms with van der Waals surface area (Å²) in [6.07, 6.45) is 0.640. The van der Waals surface area contributed by atoms with Crippen LogP contribution in [0, 0.1) is 13.8 Å². The molecule has 0 unspecified atom stereocenters. The highest BCUT2D eigenvalue weighted by atomic mass is 35.5. The maximum atomic E-state index is 10.3. The summed E-state index contributed by atoms with van der Waals surface area (Å²) in [7, 11) is 0. The van der Waals surface area contributed by atoms with Gasteiger partial charge in [-0.1, -0.05) is 11.6 Å². The van der Waals surface area contributed by atoms with Crippen LogP contribution < -0.4 is 4.74 Å². The second-order valence-electron chi connectivity index (χ2n) is 3.72. The lowest BCUT2D eigenvalue weighted by atomic mass is 10.1. The van der Waals surface area contributed by atoms with Crippen LogP contribution in [-0.4, -0.2) is 17.7 Å². The van der Waals surface area contributed by atoms with E-state index in [1.165, 1.54) is 0 Å². The van der Waals surface area contributed by atoms with Crippen molar-refractivity contribution in [2.45, 2.75) is 26.7 Å². The first-order valence-electron chi connectivity index (χ1n) is 5.12.